The van der Waals surface area contributed by atoms with Crippen LogP contribution in [0.5, 0.6) is 5.75 Å². The molecule has 0 aromatic heterocycles. The van der Waals surface area contributed by atoms with E-state index in [4.69, 9.17) is 4.74 Å². The van der Waals surface area contributed by atoms with Crippen LogP contribution in [0, 0.1) is 0 Å². The van der Waals surface area contributed by atoms with Crippen molar-refractivity contribution in [3.63, 3.8) is 0 Å². The van der Waals surface area contributed by atoms with Gasteiger partial charge in [-0.3, -0.25) is 4.79 Å². The Morgan fingerprint density at radius 3 is 3.07 bits per heavy atom. The van der Waals surface area contributed by atoms with Crippen molar-refractivity contribution in [3.8, 4) is 5.75 Å². The van der Waals surface area contributed by atoms with Crippen LogP contribution in [0.2, 0.25) is 0 Å². The molecule has 0 atom stereocenters. The van der Waals surface area contributed by atoms with Crippen molar-refractivity contribution in [2.75, 3.05) is 13.7 Å². The van der Waals surface area contributed by atoms with Gasteiger partial charge in [-0.2, -0.15) is 0 Å². The van der Waals surface area contributed by atoms with E-state index >= 15 is 0 Å². The number of nitrogens with zero attached hydrogens (tertiary/aromatic N) is 1. The molecule has 1 fully saturated rings. The maximum absolute atomic E-state index is 11.0. The third kappa shape index (κ3) is 2.34. The van der Waals surface area contributed by atoms with Crippen LogP contribution in [-0.4, -0.2) is 30.5 Å². The smallest absolute Gasteiger partial charge is 0.280 e. The molecular formula is C11H13N2O2+. The number of carbonyl (C=O) groups excluding carboxylic acids is 1. The Morgan fingerprint density at radius 1 is 1.53 bits per heavy atom. The summed E-state index contributed by atoms with van der Waals surface area (Å²) in [6.45, 7) is 0.718. The van der Waals surface area contributed by atoms with Crippen LogP contribution < -0.4 is 10.2 Å². The monoisotopic (exact) mass is 205 g/mol. The van der Waals surface area contributed by atoms with Crippen molar-refractivity contribution in [1.82, 2.24) is 5.43 Å². The number of benzene rings is 1. The molecule has 15 heavy (non-hydrogen) atoms. The second kappa shape index (κ2) is 4.13. The first-order valence-corrected chi connectivity index (χ1v) is 4.83. The number of ether oxygens (including phenoxy) is 1. The molecule has 4 heteroatoms. The van der Waals surface area contributed by atoms with Crippen molar-refractivity contribution in [2.45, 2.75) is 6.42 Å². The molecule has 78 valence electrons. The number of amides is 1. The van der Waals surface area contributed by atoms with Gasteiger partial charge >= 0.3 is 0 Å². The van der Waals surface area contributed by atoms with Crippen molar-refractivity contribution in [2.24, 2.45) is 0 Å². The van der Waals surface area contributed by atoms with Crippen molar-refractivity contribution in [1.29, 1.82) is 0 Å². The van der Waals surface area contributed by atoms with Gasteiger partial charge < -0.3 is 4.74 Å². The largest absolute Gasteiger partial charge is 0.497 e. The molecule has 1 N–H and O–H groups in total. The number of carbonyl (C=O) groups is 1. The van der Waals surface area contributed by atoms with Crippen LogP contribution in [0.3, 0.4) is 0 Å². The summed E-state index contributed by atoms with van der Waals surface area (Å²) in [7, 11) is 1.64. The number of hydrogen-bond donors (Lipinski definition) is 1. The molecule has 2 rings (SSSR count). The van der Waals surface area contributed by atoms with Gasteiger partial charge in [0, 0.05) is 5.56 Å². The van der Waals surface area contributed by atoms with Crippen molar-refractivity contribution < 1.29 is 14.2 Å². The predicted molar refractivity (Wildman–Crippen MR) is 56.0 cm³/mol. The summed E-state index contributed by atoms with van der Waals surface area (Å²) in [5, 5.41) is 0. The van der Waals surface area contributed by atoms with Gasteiger partial charge in [0.1, 0.15) is 5.75 Å². The Labute approximate surface area is 88.2 Å². The molecule has 1 aromatic rings. The van der Waals surface area contributed by atoms with Crippen LogP contribution in [0.4, 0.5) is 0 Å². The summed E-state index contributed by atoms with van der Waals surface area (Å²) in [6.07, 6.45) is 2.45. The van der Waals surface area contributed by atoms with Gasteiger partial charge in [-0.1, -0.05) is 6.07 Å². The Kier molecular flexibility index (Phi) is 2.67. The number of methoxy groups -OCH3 is 1. The number of rotatable bonds is 2. The summed E-state index contributed by atoms with van der Waals surface area (Å²) >= 11 is 0. The maximum atomic E-state index is 11.0. The third-order valence-electron chi connectivity index (χ3n) is 2.25. The van der Waals surface area contributed by atoms with E-state index in [9.17, 15) is 4.79 Å². The number of hydrazine groups is 1. The Balaban J connectivity index is 2.19. The van der Waals surface area contributed by atoms with Gasteiger partial charge in [0.2, 0.25) is 6.21 Å². The van der Waals surface area contributed by atoms with Gasteiger partial charge in [-0.25, -0.2) is 0 Å². The van der Waals surface area contributed by atoms with Gasteiger partial charge in [0.05, 0.1) is 13.5 Å². The Morgan fingerprint density at radius 2 is 2.40 bits per heavy atom. The van der Waals surface area contributed by atoms with E-state index in [1.165, 1.54) is 0 Å². The fraction of sp³-hybridized carbons (Fsp3) is 0.273. The summed E-state index contributed by atoms with van der Waals surface area (Å²) in [6, 6.07) is 7.69. The minimum atomic E-state index is 0.0640. The Hall–Kier alpha value is -1.84. The molecule has 1 saturated heterocycles. The molecular weight excluding hydrogens is 192 g/mol. The van der Waals surface area contributed by atoms with Crippen molar-refractivity contribution in [3.05, 3.63) is 29.8 Å². The van der Waals surface area contributed by atoms with E-state index in [-0.39, 0.29) is 5.91 Å². The van der Waals surface area contributed by atoms with Crippen LogP contribution in [0.15, 0.2) is 24.3 Å². The molecule has 0 aliphatic carbocycles. The summed E-state index contributed by atoms with van der Waals surface area (Å²) in [5.41, 5.74) is 3.75. The molecule has 0 radical (unpaired) electrons. The summed E-state index contributed by atoms with van der Waals surface area (Å²) in [5.74, 6) is 0.878. The molecule has 1 aliphatic heterocycles. The average molecular weight is 205 g/mol. The SMILES string of the molecule is COc1cccc(/C=[N+]2/CCC(=O)N2)c1. The first-order chi connectivity index (χ1) is 7.28. The molecule has 1 aromatic carbocycles. The lowest BCUT2D eigenvalue weighted by molar-refractivity contribution is -0.553. The zero-order valence-electron chi connectivity index (χ0n) is 8.56. The minimum Gasteiger partial charge on any atom is -0.497 e. The zero-order chi connectivity index (χ0) is 10.7. The van der Waals surface area contributed by atoms with Gasteiger partial charge in [0.15, 0.2) is 6.54 Å². The molecule has 0 saturated carbocycles. The fourth-order valence-electron chi connectivity index (χ4n) is 1.49. The van der Waals surface area contributed by atoms with E-state index in [0.29, 0.717) is 6.42 Å². The predicted octanol–water partition coefficient (Wildman–Crippen LogP) is 0.561. The molecule has 4 nitrogen and oxygen atoms in total. The van der Waals surface area contributed by atoms with E-state index in [1.54, 1.807) is 11.8 Å². The number of nitrogens with one attached hydrogen (secondary N) is 1. The molecule has 0 unspecified atom stereocenters. The zero-order valence-corrected chi connectivity index (χ0v) is 8.56. The van der Waals surface area contributed by atoms with Gasteiger partial charge in [-0.05, 0) is 18.2 Å². The topological polar surface area (TPSA) is 41.3 Å². The lowest BCUT2D eigenvalue weighted by Gasteiger charge is -1.98. The maximum Gasteiger partial charge on any atom is 0.280 e. The summed E-state index contributed by atoms with van der Waals surface area (Å²) in [4.78, 5) is 11.0. The van der Waals surface area contributed by atoms with E-state index < -0.39 is 0 Å². The fourth-order valence-corrected chi connectivity index (χ4v) is 1.49. The lowest BCUT2D eigenvalue weighted by Crippen LogP contribution is -2.25. The van der Waals surface area contributed by atoms with Crippen LogP contribution in [0.1, 0.15) is 12.0 Å². The van der Waals surface area contributed by atoms with Gasteiger partial charge in [0.25, 0.3) is 5.91 Å². The molecule has 1 amide bonds. The van der Waals surface area contributed by atoms with Crippen LogP contribution in [0.25, 0.3) is 0 Å². The normalized spacial score (nSPS) is 17.9. The average Bonchev–Trinajstić information content (AvgIpc) is 2.64. The lowest BCUT2D eigenvalue weighted by atomic mass is 10.2. The first kappa shape index (κ1) is 9.71. The highest BCUT2D eigenvalue weighted by Crippen LogP contribution is 2.10. The molecule has 1 heterocycles. The highest BCUT2D eigenvalue weighted by molar-refractivity contribution is 5.80. The molecule has 0 spiro atoms. The highest BCUT2D eigenvalue weighted by Gasteiger charge is 2.20. The van der Waals surface area contributed by atoms with Gasteiger partial charge in [-0.15, -0.1) is 10.1 Å². The molecule has 0 bridgehead atoms. The Bertz CT molecular complexity index is 413. The highest BCUT2D eigenvalue weighted by atomic mass is 16.5. The third-order valence-corrected chi connectivity index (χ3v) is 2.25. The van der Waals surface area contributed by atoms with E-state index in [2.05, 4.69) is 5.43 Å². The standard InChI is InChI=1S/C11H12N2O2/c1-15-10-4-2-3-9(7-10)8-13-6-5-11(14)12-13/h2-4,7-8H,5-6H2,1H3/p+1/b13-8-. The summed E-state index contributed by atoms with van der Waals surface area (Å²) < 4.78 is 6.90. The number of hydrogen-bond acceptors (Lipinski definition) is 2. The number of hydrazone groups is 1. The second-order valence-electron chi connectivity index (χ2n) is 3.38. The second-order valence-corrected chi connectivity index (χ2v) is 3.38. The molecule has 1 aliphatic rings. The minimum absolute atomic E-state index is 0.0640. The van der Waals surface area contributed by atoms with Crippen LogP contribution in [-0.2, 0) is 4.79 Å². The quantitative estimate of drug-likeness (QED) is 0.717. The van der Waals surface area contributed by atoms with Crippen molar-refractivity contribution >= 4 is 12.1 Å². The van der Waals surface area contributed by atoms with E-state index in [0.717, 1.165) is 17.9 Å². The van der Waals surface area contributed by atoms with Crippen LogP contribution >= 0.6 is 0 Å². The first-order valence-electron chi connectivity index (χ1n) is 4.83. The van der Waals surface area contributed by atoms with E-state index in [1.807, 2.05) is 30.5 Å².